The molecule has 40 heavy (non-hydrogen) atoms. The monoisotopic (exact) mass is 575 g/mol. The van der Waals surface area contributed by atoms with E-state index >= 15 is 0 Å². The molecule has 0 saturated carbocycles. The smallest absolute Gasteiger partial charge is 0.382 e. The number of likely N-dealkylation sites (tertiary alicyclic amines) is 2. The second-order valence-electron chi connectivity index (χ2n) is 12.4. The highest BCUT2D eigenvalue weighted by molar-refractivity contribution is 8.00. The maximum Gasteiger partial charge on any atom is 0.446 e. The molecule has 1 amide bonds. The molecule has 0 atom stereocenters. The van der Waals surface area contributed by atoms with Gasteiger partial charge < -0.3 is 15.1 Å². The highest BCUT2D eigenvalue weighted by atomic mass is 32.2. The molecule has 2 aromatic rings. The number of carbonyl (C=O) groups is 1. The van der Waals surface area contributed by atoms with Crippen LogP contribution in [0.1, 0.15) is 70.4 Å². The molecule has 2 saturated heterocycles. The average Bonchev–Trinajstić information content (AvgIpc) is 2.90. The first-order chi connectivity index (χ1) is 18.9. The summed E-state index contributed by atoms with van der Waals surface area (Å²) in [6, 6.07) is 15.8. The molecule has 2 aliphatic heterocycles. The quantitative estimate of drug-likeness (QED) is 0.310. The minimum absolute atomic E-state index is 0.0996. The van der Waals surface area contributed by atoms with E-state index in [-0.39, 0.29) is 34.0 Å². The highest BCUT2D eigenvalue weighted by Crippen LogP contribution is 2.37. The van der Waals surface area contributed by atoms with Crippen LogP contribution < -0.4 is 5.32 Å². The van der Waals surface area contributed by atoms with Crippen LogP contribution in [0.25, 0.3) is 0 Å². The fourth-order valence-electron chi connectivity index (χ4n) is 5.76. The average molecular weight is 576 g/mol. The van der Waals surface area contributed by atoms with Crippen molar-refractivity contribution in [3.8, 4) is 0 Å². The Morgan fingerprint density at radius 3 is 2.10 bits per heavy atom. The summed E-state index contributed by atoms with van der Waals surface area (Å²) in [5, 5.41) is 3.41. The summed E-state index contributed by atoms with van der Waals surface area (Å²) >= 11 is -0.0996. The standard InChI is InChI=1S/C32H44F3N3OS/c1-31(2,3)26-8-6-24(7-9-26)23-25-14-19-37(20-15-25)18-4-5-30(39)38-21-16-28(17-22-38)36-27-10-12-29(13-11-27)40-32(33,34)35/h6-13,25,28,36H,4-5,14-23H2,1-3H3. The minimum Gasteiger partial charge on any atom is -0.382 e. The largest absolute Gasteiger partial charge is 0.446 e. The van der Waals surface area contributed by atoms with Crippen molar-refractivity contribution in [2.45, 2.75) is 87.6 Å². The van der Waals surface area contributed by atoms with Crippen LogP contribution in [0.5, 0.6) is 0 Å². The number of nitrogens with zero attached hydrogens (tertiary/aromatic N) is 2. The third-order valence-corrected chi connectivity index (χ3v) is 8.96. The number of piperidine rings is 2. The zero-order valence-corrected chi connectivity index (χ0v) is 24.9. The number of hydrogen-bond donors (Lipinski definition) is 1. The SMILES string of the molecule is CC(C)(C)c1ccc(CC2CCN(CCCC(=O)N3CCC(Nc4ccc(SC(F)(F)F)cc4)CC3)CC2)cc1. The van der Waals surface area contributed by atoms with Crippen molar-refractivity contribution in [3.05, 3.63) is 59.7 Å². The van der Waals surface area contributed by atoms with Gasteiger partial charge in [0.25, 0.3) is 0 Å². The van der Waals surface area contributed by atoms with Crippen LogP contribution in [0.3, 0.4) is 0 Å². The van der Waals surface area contributed by atoms with E-state index in [1.165, 1.54) is 36.1 Å². The fourth-order valence-corrected chi connectivity index (χ4v) is 6.30. The van der Waals surface area contributed by atoms with Gasteiger partial charge in [0.05, 0.1) is 0 Å². The molecule has 2 heterocycles. The summed E-state index contributed by atoms with van der Waals surface area (Å²) in [6.45, 7) is 11.4. The predicted molar refractivity (Wildman–Crippen MR) is 159 cm³/mol. The Balaban J connectivity index is 1.09. The van der Waals surface area contributed by atoms with Gasteiger partial charge in [0.1, 0.15) is 0 Å². The first-order valence-corrected chi connectivity index (χ1v) is 15.5. The number of thioether (sulfide) groups is 1. The number of rotatable bonds is 9. The van der Waals surface area contributed by atoms with E-state index in [9.17, 15) is 18.0 Å². The molecule has 4 nitrogen and oxygen atoms in total. The number of alkyl halides is 3. The molecule has 8 heteroatoms. The van der Waals surface area contributed by atoms with Crippen LogP contribution in [0.4, 0.5) is 18.9 Å². The van der Waals surface area contributed by atoms with Gasteiger partial charge in [-0.3, -0.25) is 4.79 Å². The lowest BCUT2D eigenvalue weighted by molar-refractivity contribution is -0.132. The van der Waals surface area contributed by atoms with E-state index in [4.69, 9.17) is 0 Å². The van der Waals surface area contributed by atoms with Crippen molar-refractivity contribution in [2.75, 3.05) is 38.0 Å². The van der Waals surface area contributed by atoms with Gasteiger partial charge in [0.15, 0.2) is 0 Å². The van der Waals surface area contributed by atoms with E-state index < -0.39 is 5.51 Å². The number of anilines is 1. The third-order valence-electron chi connectivity index (χ3n) is 8.22. The molecular formula is C32H44F3N3OS. The number of carbonyl (C=O) groups excluding carboxylic acids is 1. The van der Waals surface area contributed by atoms with Crippen molar-refractivity contribution in [3.63, 3.8) is 0 Å². The summed E-state index contributed by atoms with van der Waals surface area (Å²) in [4.78, 5) is 17.5. The Labute approximate surface area is 242 Å². The Morgan fingerprint density at radius 1 is 0.900 bits per heavy atom. The lowest BCUT2D eigenvalue weighted by Gasteiger charge is -2.34. The van der Waals surface area contributed by atoms with Gasteiger partial charge in [-0.1, -0.05) is 45.0 Å². The first kappa shape index (κ1) is 30.8. The molecular weight excluding hydrogens is 531 g/mol. The predicted octanol–water partition coefficient (Wildman–Crippen LogP) is 7.73. The maximum absolute atomic E-state index is 12.8. The van der Waals surface area contributed by atoms with Crippen molar-refractivity contribution in [1.82, 2.24) is 9.80 Å². The van der Waals surface area contributed by atoms with Gasteiger partial charge in [0, 0.05) is 36.1 Å². The van der Waals surface area contributed by atoms with Crippen LogP contribution in [-0.2, 0) is 16.6 Å². The molecule has 0 unspecified atom stereocenters. The van der Waals surface area contributed by atoms with Crippen LogP contribution >= 0.6 is 11.8 Å². The fraction of sp³-hybridized carbons (Fsp3) is 0.594. The van der Waals surface area contributed by atoms with E-state index in [1.54, 1.807) is 12.1 Å². The summed E-state index contributed by atoms with van der Waals surface area (Å²) in [6.07, 6.45) is 6.78. The molecule has 0 bridgehead atoms. The summed E-state index contributed by atoms with van der Waals surface area (Å²) in [7, 11) is 0. The zero-order valence-electron chi connectivity index (χ0n) is 24.1. The topological polar surface area (TPSA) is 35.6 Å². The van der Waals surface area contributed by atoms with Crippen LogP contribution in [0.2, 0.25) is 0 Å². The van der Waals surface area contributed by atoms with Gasteiger partial charge in [-0.15, -0.1) is 0 Å². The second-order valence-corrected chi connectivity index (χ2v) is 13.5. The highest BCUT2D eigenvalue weighted by Gasteiger charge is 2.29. The van der Waals surface area contributed by atoms with Crippen molar-refractivity contribution in [2.24, 2.45) is 5.92 Å². The number of benzene rings is 2. The number of halogens is 3. The summed E-state index contributed by atoms with van der Waals surface area (Å²) in [5.74, 6) is 0.977. The van der Waals surface area contributed by atoms with Crippen molar-refractivity contribution in [1.29, 1.82) is 0 Å². The van der Waals surface area contributed by atoms with Crippen molar-refractivity contribution >= 4 is 23.4 Å². The third kappa shape index (κ3) is 9.72. The molecule has 4 rings (SSSR count). The van der Waals surface area contributed by atoms with Crippen LogP contribution in [0.15, 0.2) is 53.4 Å². The van der Waals surface area contributed by atoms with E-state index in [0.29, 0.717) is 6.42 Å². The lowest BCUT2D eigenvalue weighted by atomic mass is 9.85. The van der Waals surface area contributed by atoms with Gasteiger partial charge in [-0.2, -0.15) is 13.2 Å². The van der Waals surface area contributed by atoms with Gasteiger partial charge in [0.2, 0.25) is 5.91 Å². The Morgan fingerprint density at radius 2 is 1.52 bits per heavy atom. The van der Waals surface area contributed by atoms with Gasteiger partial charge in [-0.05, 0) is 117 Å². The maximum atomic E-state index is 12.8. The first-order valence-electron chi connectivity index (χ1n) is 14.7. The minimum atomic E-state index is -4.27. The number of hydrogen-bond acceptors (Lipinski definition) is 4. The van der Waals surface area contributed by atoms with Gasteiger partial charge in [-0.25, -0.2) is 0 Å². The van der Waals surface area contributed by atoms with Crippen LogP contribution in [-0.4, -0.2) is 60.0 Å². The lowest BCUT2D eigenvalue weighted by Crippen LogP contribution is -2.42. The van der Waals surface area contributed by atoms with E-state index in [2.05, 4.69) is 55.3 Å². The molecule has 0 spiro atoms. The number of amides is 1. The molecule has 2 fully saturated rings. The Hall–Kier alpha value is -2.19. The van der Waals surface area contributed by atoms with E-state index in [0.717, 1.165) is 70.0 Å². The molecule has 0 radical (unpaired) electrons. The molecule has 1 N–H and O–H groups in total. The van der Waals surface area contributed by atoms with E-state index in [1.807, 2.05) is 4.90 Å². The van der Waals surface area contributed by atoms with Crippen molar-refractivity contribution < 1.29 is 18.0 Å². The Kier molecular flexibility index (Phi) is 10.5. The summed E-state index contributed by atoms with van der Waals surface area (Å²) in [5.41, 5.74) is -0.437. The zero-order chi connectivity index (χ0) is 28.8. The number of nitrogens with one attached hydrogen (secondary N) is 1. The van der Waals surface area contributed by atoms with Crippen LogP contribution in [0, 0.1) is 5.92 Å². The molecule has 0 aromatic heterocycles. The molecule has 2 aromatic carbocycles. The molecule has 220 valence electrons. The second kappa shape index (κ2) is 13.6. The normalized spacial score (nSPS) is 18.2. The molecule has 0 aliphatic carbocycles. The van der Waals surface area contributed by atoms with Gasteiger partial charge >= 0.3 is 5.51 Å². The summed E-state index contributed by atoms with van der Waals surface area (Å²) < 4.78 is 37.6. The molecule has 2 aliphatic rings. The Bertz CT molecular complexity index is 1070.